The van der Waals surface area contributed by atoms with E-state index >= 15 is 0 Å². The van der Waals surface area contributed by atoms with Crippen LogP contribution < -0.4 is 0 Å². The van der Waals surface area contributed by atoms with Gasteiger partial charge in [0.25, 0.3) is 0 Å². The fourth-order valence-corrected chi connectivity index (χ4v) is 2.49. The molecule has 3 heteroatoms. The molecule has 1 fully saturated rings. The Morgan fingerprint density at radius 3 is 2.28 bits per heavy atom. The zero-order chi connectivity index (χ0) is 13.3. The third-order valence-electron chi connectivity index (χ3n) is 3.70. The molecule has 1 aromatic heterocycles. The average Bonchev–Trinajstić information content (AvgIpc) is 2.28. The maximum absolute atomic E-state index is 9.57. The van der Waals surface area contributed by atoms with Gasteiger partial charge in [-0.15, -0.1) is 0 Å². The van der Waals surface area contributed by atoms with Gasteiger partial charge in [-0.1, -0.05) is 20.8 Å². The van der Waals surface area contributed by atoms with Crippen LogP contribution in [-0.2, 0) is 5.41 Å². The van der Waals surface area contributed by atoms with Gasteiger partial charge in [0.05, 0.1) is 6.10 Å². The molecule has 0 amide bonds. The molecule has 18 heavy (non-hydrogen) atoms. The zero-order valence-electron chi connectivity index (χ0n) is 11.9. The molecule has 0 bridgehead atoms. The first-order valence-electron chi connectivity index (χ1n) is 6.90. The van der Waals surface area contributed by atoms with Crippen molar-refractivity contribution in [1.29, 1.82) is 0 Å². The summed E-state index contributed by atoms with van der Waals surface area (Å²) in [5.41, 5.74) is 2.24. The standard InChI is InChI=1S/C15H24N2O/c1-10-9-13(15(2,3)4)17-14(16-10)11-5-7-12(18)8-6-11/h9,11-12,18H,5-8H2,1-4H3. The first-order chi connectivity index (χ1) is 8.36. The van der Waals surface area contributed by atoms with Gasteiger partial charge in [0.1, 0.15) is 5.82 Å². The second-order valence-corrected chi connectivity index (χ2v) is 6.51. The monoisotopic (exact) mass is 248 g/mol. The summed E-state index contributed by atoms with van der Waals surface area (Å²) in [4.78, 5) is 9.36. The van der Waals surface area contributed by atoms with Crippen LogP contribution in [0, 0.1) is 6.92 Å². The zero-order valence-corrected chi connectivity index (χ0v) is 11.9. The number of rotatable bonds is 1. The van der Waals surface area contributed by atoms with Crippen LogP contribution in [0.15, 0.2) is 6.07 Å². The molecule has 3 nitrogen and oxygen atoms in total. The molecule has 1 heterocycles. The first kappa shape index (κ1) is 13.5. The summed E-state index contributed by atoms with van der Waals surface area (Å²) in [6, 6.07) is 2.08. The van der Waals surface area contributed by atoms with E-state index in [-0.39, 0.29) is 11.5 Å². The molecule has 1 aromatic rings. The molecule has 0 saturated heterocycles. The fraction of sp³-hybridized carbons (Fsp3) is 0.733. The Morgan fingerprint density at radius 2 is 1.72 bits per heavy atom. The van der Waals surface area contributed by atoms with Gasteiger partial charge in [0, 0.05) is 22.7 Å². The molecule has 0 unspecified atom stereocenters. The molecular formula is C15H24N2O. The molecule has 1 aliphatic rings. The normalized spacial score (nSPS) is 25.2. The Labute approximate surface area is 110 Å². The second kappa shape index (κ2) is 4.96. The third-order valence-corrected chi connectivity index (χ3v) is 3.70. The number of aliphatic hydroxyl groups excluding tert-OH is 1. The van der Waals surface area contributed by atoms with Crippen molar-refractivity contribution in [1.82, 2.24) is 9.97 Å². The minimum absolute atomic E-state index is 0.0661. The lowest BCUT2D eigenvalue weighted by molar-refractivity contribution is 0.121. The van der Waals surface area contributed by atoms with Gasteiger partial charge in [-0.05, 0) is 38.7 Å². The minimum atomic E-state index is -0.117. The number of aliphatic hydroxyl groups is 1. The summed E-state index contributed by atoms with van der Waals surface area (Å²) in [5.74, 6) is 1.40. The van der Waals surface area contributed by atoms with E-state index in [0.29, 0.717) is 5.92 Å². The summed E-state index contributed by atoms with van der Waals surface area (Å²) in [5, 5.41) is 9.57. The third kappa shape index (κ3) is 3.08. The van der Waals surface area contributed by atoms with Gasteiger partial charge in [-0.3, -0.25) is 0 Å². The van der Waals surface area contributed by atoms with Crippen LogP contribution in [0.25, 0.3) is 0 Å². The average molecular weight is 248 g/mol. The predicted molar refractivity (Wildman–Crippen MR) is 72.7 cm³/mol. The lowest BCUT2D eigenvalue weighted by atomic mass is 9.86. The van der Waals surface area contributed by atoms with Gasteiger partial charge in [-0.2, -0.15) is 0 Å². The largest absolute Gasteiger partial charge is 0.393 e. The topological polar surface area (TPSA) is 46.0 Å². The van der Waals surface area contributed by atoms with Gasteiger partial charge < -0.3 is 5.11 Å². The molecule has 100 valence electrons. The molecule has 0 aromatic carbocycles. The highest BCUT2D eigenvalue weighted by Crippen LogP contribution is 2.32. The summed E-state index contributed by atoms with van der Waals surface area (Å²) in [6.45, 7) is 8.59. The van der Waals surface area contributed by atoms with Crippen LogP contribution >= 0.6 is 0 Å². The smallest absolute Gasteiger partial charge is 0.131 e. The van der Waals surface area contributed by atoms with Gasteiger partial charge >= 0.3 is 0 Å². The Hall–Kier alpha value is -0.960. The summed E-state index contributed by atoms with van der Waals surface area (Å²) in [7, 11) is 0. The van der Waals surface area contributed by atoms with Crippen molar-refractivity contribution in [3.05, 3.63) is 23.3 Å². The molecule has 0 atom stereocenters. The number of nitrogens with zero attached hydrogens (tertiary/aromatic N) is 2. The van der Waals surface area contributed by atoms with E-state index in [4.69, 9.17) is 4.98 Å². The van der Waals surface area contributed by atoms with Crippen molar-refractivity contribution >= 4 is 0 Å². The van der Waals surface area contributed by atoms with Crippen LogP contribution in [0.4, 0.5) is 0 Å². The van der Waals surface area contributed by atoms with Crippen LogP contribution in [0.1, 0.15) is 69.6 Å². The number of aromatic nitrogens is 2. The SMILES string of the molecule is Cc1cc(C(C)(C)C)nc(C2CCC(O)CC2)n1. The van der Waals surface area contributed by atoms with Crippen LogP contribution in [-0.4, -0.2) is 21.2 Å². The summed E-state index contributed by atoms with van der Waals surface area (Å²) in [6.07, 6.45) is 3.66. The van der Waals surface area contributed by atoms with Gasteiger partial charge in [-0.25, -0.2) is 9.97 Å². The molecule has 1 saturated carbocycles. The Kier molecular flexibility index (Phi) is 3.71. The van der Waals surface area contributed by atoms with Gasteiger partial charge in [0.15, 0.2) is 0 Å². The van der Waals surface area contributed by atoms with Crippen LogP contribution in [0.2, 0.25) is 0 Å². The Morgan fingerprint density at radius 1 is 1.11 bits per heavy atom. The Bertz CT molecular complexity index is 415. The van der Waals surface area contributed by atoms with E-state index in [1.165, 1.54) is 0 Å². The summed E-state index contributed by atoms with van der Waals surface area (Å²) < 4.78 is 0. The van der Waals surface area contributed by atoms with Crippen molar-refractivity contribution < 1.29 is 5.11 Å². The fourth-order valence-electron chi connectivity index (χ4n) is 2.49. The second-order valence-electron chi connectivity index (χ2n) is 6.51. The highest BCUT2D eigenvalue weighted by atomic mass is 16.3. The molecule has 0 spiro atoms. The highest BCUT2D eigenvalue weighted by Gasteiger charge is 2.25. The number of hydrogen-bond acceptors (Lipinski definition) is 3. The molecule has 1 aliphatic carbocycles. The van der Waals surface area contributed by atoms with Crippen molar-refractivity contribution in [2.24, 2.45) is 0 Å². The number of hydrogen-bond donors (Lipinski definition) is 1. The van der Waals surface area contributed by atoms with E-state index in [0.717, 1.165) is 42.9 Å². The molecule has 0 aliphatic heterocycles. The highest BCUT2D eigenvalue weighted by molar-refractivity contribution is 5.18. The molecular weight excluding hydrogens is 224 g/mol. The van der Waals surface area contributed by atoms with Crippen molar-refractivity contribution in [3.63, 3.8) is 0 Å². The van der Waals surface area contributed by atoms with Crippen molar-refractivity contribution in [3.8, 4) is 0 Å². The van der Waals surface area contributed by atoms with Crippen molar-refractivity contribution in [2.75, 3.05) is 0 Å². The van der Waals surface area contributed by atoms with Gasteiger partial charge in [0.2, 0.25) is 0 Å². The first-order valence-corrected chi connectivity index (χ1v) is 6.90. The van der Waals surface area contributed by atoms with E-state index < -0.39 is 0 Å². The Balaban J connectivity index is 2.25. The summed E-state index contributed by atoms with van der Waals surface area (Å²) >= 11 is 0. The lowest BCUT2D eigenvalue weighted by Gasteiger charge is -2.26. The van der Waals surface area contributed by atoms with E-state index in [1.807, 2.05) is 6.92 Å². The van der Waals surface area contributed by atoms with E-state index in [2.05, 4.69) is 31.8 Å². The molecule has 2 rings (SSSR count). The van der Waals surface area contributed by atoms with E-state index in [9.17, 15) is 5.11 Å². The predicted octanol–water partition coefficient (Wildman–Crippen LogP) is 3.10. The minimum Gasteiger partial charge on any atom is -0.393 e. The maximum Gasteiger partial charge on any atom is 0.131 e. The van der Waals surface area contributed by atoms with Crippen LogP contribution in [0.5, 0.6) is 0 Å². The van der Waals surface area contributed by atoms with Crippen molar-refractivity contribution in [2.45, 2.75) is 70.8 Å². The lowest BCUT2D eigenvalue weighted by Crippen LogP contribution is -2.21. The van der Waals surface area contributed by atoms with E-state index in [1.54, 1.807) is 0 Å². The maximum atomic E-state index is 9.57. The number of aryl methyl sites for hydroxylation is 1. The quantitative estimate of drug-likeness (QED) is 0.830. The van der Waals surface area contributed by atoms with Crippen LogP contribution in [0.3, 0.4) is 0 Å². The molecule has 1 N–H and O–H groups in total. The molecule has 0 radical (unpaired) electrons.